The van der Waals surface area contributed by atoms with E-state index in [-0.39, 0.29) is 19.1 Å². The van der Waals surface area contributed by atoms with E-state index in [1.807, 2.05) is 27.2 Å². The molecular formula is C57H110N2O6P+. The Kier molecular flexibility index (Phi) is 47.4. The van der Waals surface area contributed by atoms with Gasteiger partial charge >= 0.3 is 7.82 Å². The fourth-order valence-corrected chi connectivity index (χ4v) is 8.82. The van der Waals surface area contributed by atoms with E-state index in [1.165, 1.54) is 193 Å². The molecular weight excluding hydrogens is 840 g/mol. The maximum absolute atomic E-state index is 12.9. The summed E-state index contributed by atoms with van der Waals surface area (Å²) in [4.78, 5) is 23.2. The lowest BCUT2D eigenvalue weighted by Crippen LogP contribution is -2.45. The lowest BCUT2D eigenvalue weighted by atomic mass is 10.0. The molecule has 0 aliphatic rings. The predicted molar refractivity (Wildman–Crippen MR) is 286 cm³/mol. The number of aliphatic hydroxyl groups is 1. The van der Waals surface area contributed by atoms with Gasteiger partial charge in [-0.3, -0.25) is 13.8 Å². The van der Waals surface area contributed by atoms with Crippen molar-refractivity contribution in [2.75, 3.05) is 40.9 Å². The molecule has 3 atom stereocenters. The molecule has 0 saturated heterocycles. The van der Waals surface area contributed by atoms with Crippen LogP contribution in [0.1, 0.15) is 258 Å². The fourth-order valence-electron chi connectivity index (χ4n) is 8.09. The molecule has 0 saturated carbocycles. The number of phosphoric acid groups is 1. The van der Waals surface area contributed by atoms with Gasteiger partial charge in [-0.1, -0.05) is 236 Å². The molecule has 3 unspecified atom stereocenters. The van der Waals surface area contributed by atoms with E-state index < -0.39 is 20.0 Å². The summed E-state index contributed by atoms with van der Waals surface area (Å²) in [6, 6.07) is -0.862. The van der Waals surface area contributed by atoms with Crippen LogP contribution in [0.15, 0.2) is 48.6 Å². The van der Waals surface area contributed by atoms with Crippen LogP contribution in [0.4, 0.5) is 0 Å². The number of nitrogens with zero attached hydrogens (tertiary/aromatic N) is 1. The molecule has 0 aromatic carbocycles. The van der Waals surface area contributed by atoms with Gasteiger partial charge in [0.15, 0.2) is 0 Å². The molecule has 0 aliphatic carbocycles. The third-order valence-electron chi connectivity index (χ3n) is 12.5. The van der Waals surface area contributed by atoms with E-state index in [2.05, 4.69) is 55.6 Å². The van der Waals surface area contributed by atoms with Crippen LogP contribution in [0, 0.1) is 0 Å². The SMILES string of the molecule is CCCCCCC/C=C\C/C=C\CCCCCCCCCCCCCCCCCCCCCC(=O)NC(COP(=O)(O)OCC[N+](C)(C)C)C(O)/C=C/CC/C=C/CCCCCCCCC. The van der Waals surface area contributed by atoms with Crippen LogP contribution in [-0.4, -0.2) is 73.4 Å². The minimum Gasteiger partial charge on any atom is -0.387 e. The molecule has 0 aliphatic heterocycles. The van der Waals surface area contributed by atoms with Crippen molar-refractivity contribution in [1.82, 2.24) is 5.32 Å². The van der Waals surface area contributed by atoms with Gasteiger partial charge in [-0.2, -0.15) is 0 Å². The molecule has 0 bridgehead atoms. The second-order valence-corrected chi connectivity index (χ2v) is 21.8. The van der Waals surface area contributed by atoms with Gasteiger partial charge in [0.05, 0.1) is 39.9 Å². The molecule has 0 rings (SSSR count). The van der Waals surface area contributed by atoms with Gasteiger partial charge in [-0.05, 0) is 64.2 Å². The lowest BCUT2D eigenvalue weighted by Gasteiger charge is -2.25. The van der Waals surface area contributed by atoms with Crippen LogP contribution >= 0.6 is 7.82 Å². The van der Waals surface area contributed by atoms with Crippen molar-refractivity contribution in [3.05, 3.63) is 48.6 Å². The number of likely N-dealkylation sites (N-methyl/N-ethyl adjacent to an activating group) is 1. The first-order valence-corrected chi connectivity index (χ1v) is 29.5. The molecule has 66 heavy (non-hydrogen) atoms. The lowest BCUT2D eigenvalue weighted by molar-refractivity contribution is -0.870. The predicted octanol–water partition coefficient (Wildman–Crippen LogP) is 16.8. The Labute approximate surface area is 409 Å². The van der Waals surface area contributed by atoms with Crippen molar-refractivity contribution >= 4 is 13.7 Å². The number of unbranched alkanes of at least 4 members (excludes halogenated alkanes) is 32. The highest BCUT2D eigenvalue weighted by Crippen LogP contribution is 2.43. The highest BCUT2D eigenvalue weighted by atomic mass is 31.2. The molecule has 3 N–H and O–H groups in total. The zero-order valence-electron chi connectivity index (χ0n) is 44.2. The second kappa shape index (κ2) is 48.5. The summed E-state index contributed by atoms with van der Waals surface area (Å²) < 4.78 is 23.6. The Hall–Kier alpha value is -1.54. The van der Waals surface area contributed by atoms with E-state index in [4.69, 9.17) is 9.05 Å². The van der Waals surface area contributed by atoms with Gasteiger partial charge < -0.3 is 19.8 Å². The van der Waals surface area contributed by atoms with Crippen LogP contribution in [0.3, 0.4) is 0 Å². The summed E-state index contributed by atoms with van der Waals surface area (Å²) in [5, 5.41) is 13.9. The Balaban J connectivity index is 4.06. The number of hydrogen-bond acceptors (Lipinski definition) is 5. The van der Waals surface area contributed by atoms with Crippen LogP contribution in [-0.2, 0) is 18.4 Å². The molecule has 0 spiro atoms. The van der Waals surface area contributed by atoms with Crippen LogP contribution < -0.4 is 5.32 Å². The number of quaternary nitrogens is 1. The smallest absolute Gasteiger partial charge is 0.387 e. The second-order valence-electron chi connectivity index (χ2n) is 20.3. The number of amides is 1. The summed E-state index contributed by atoms with van der Waals surface area (Å²) in [6.07, 6.45) is 63.7. The summed E-state index contributed by atoms with van der Waals surface area (Å²) in [7, 11) is 1.56. The molecule has 0 fully saturated rings. The van der Waals surface area contributed by atoms with Crippen LogP contribution in [0.2, 0.25) is 0 Å². The number of carbonyl (C=O) groups is 1. The third kappa shape index (κ3) is 50.3. The van der Waals surface area contributed by atoms with Gasteiger partial charge in [0.25, 0.3) is 0 Å². The molecule has 1 amide bonds. The number of nitrogens with one attached hydrogen (secondary N) is 1. The minimum absolute atomic E-state index is 0.0565. The van der Waals surface area contributed by atoms with E-state index in [9.17, 15) is 19.4 Å². The molecule has 0 aromatic heterocycles. The van der Waals surface area contributed by atoms with Gasteiger partial charge in [0.2, 0.25) is 5.91 Å². The first-order valence-electron chi connectivity index (χ1n) is 28.0. The van der Waals surface area contributed by atoms with Crippen molar-refractivity contribution in [2.45, 2.75) is 270 Å². The first kappa shape index (κ1) is 64.5. The largest absolute Gasteiger partial charge is 0.472 e. The fraction of sp³-hybridized carbons (Fsp3) is 0.842. The van der Waals surface area contributed by atoms with Crippen molar-refractivity contribution < 1.29 is 32.9 Å². The third-order valence-corrected chi connectivity index (χ3v) is 13.5. The number of aliphatic hydroxyl groups excluding tert-OH is 1. The van der Waals surface area contributed by atoms with E-state index in [0.29, 0.717) is 17.4 Å². The molecule has 8 nitrogen and oxygen atoms in total. The van der Waals surface area contributed by atoms with E-state index >= 15 is 0 Å². The van der Waals surface area contributed by atoms with Gasteiger partial charge in [0.1, 0.15) is 13.2 Å². The van der Waals surface area contributed by atoms with Crippen LogP contribution in [0.25, 0.3) is 0 Å². The summed E-state index contributed by atoms with van der Waals surface area (Å²) in [6.45, 7) is 4.79. The zero-order chi connectivity index (χ0) is 48.5. The van der Waals surface area contributed by atoms with E-state index in [1.54, 1.807) is 6.08 Å². The normalized spacial score (nSPS) is 14.3. The monoisotopic (exact) mass is 950 g/mol. The number of rotatable bonds is 51. The van der Waals surface area contributed by atoms with Crippen molar-refractivity contribution in [1.29, 1.82) is 0 Å². The average Bonchev–Trinajstić information content (AvgIpc) is 3.28. The Morgan fingerprint density at radius 2 is 0.879 bits per heavy atom. The van der Waals surface area contributed by atoms with Crippen LogP contribution in [0.5, 0.6) is 0 Å². The standard InChI is InChI=1S/C57H109N2O6P/c1-6-8-10-12-14-16-18-20-21-22-23-24-25-26-27-28-29-30-31-32-33-34-35-36-37-39-41-43-45-47-49-51-57(61)58-55(54-65-66(62,63)64-53-52-59(3,4)5)56(60)50-48-46-44-42-40-38-19-17-15-13-11-9-7-2/h18,20,22-23,40,42,48,50,55-56,60H,6-17,19,21,24-39,41,43-47,49,51-54H2,1-5H3,(H-,58,61,62,63)/p+1/b20-18-,23-22-,42-40+,50-48+. The highest BCUT2D eigenvalue weighted by Gasteiger charge is 2.27. The van der Waals surface area contributed by atoms with Gasteiger partial charge in [0, 0.05) is 6.42 Å². The number of allylic oxidation sites excluding steroid dienone is 7. The molecule has 0 radical (unpaired) electrons. The van der Waals surface area contributed by atoms with Gasteiger partial charge in [-0.25, -0.2) is 4.57 Å². The zero-order valence-corrected chi connectivity index (χ0v) is 45.1. The average molecular weight is 950 g/mol. The molecule has 388 valence electrons. The van der Waals surface area contributed by atoms with Gasteiger partial charge in [-0.15, -0.1) is 0 Å². The topological polar surface area (TPSA) is 105 Å². The Bertz CT molecular complexity index is 1210. The number of phosphoric ester groups is 1. The summed E-state index contributed by atoms with van der Waals surface area (Å²) in [5.74, 6) is -0.185. The van der Waals surface area contributed by atoms with E-state index in [0.717, 1.165) is 44.9 Å². The number of carbonyl (C=O) groups excluding carboxylic acids is 1. The summed E-state index contributed by atoms with van der Waals surface area (Å²) in [5.41, 5.74) is 0. The van der Waals surface area contributed by atoms with Crippen molar-refractivity contribution in [3.8, 4) is 0 Å². The molecule has 0 aromatic rings. The quantitative estimate of drug-likeness (QED) is 0.0243. The minimum atomic E-state index is -4.35. The Morgan fingerprint density at radius 3 is 1.30 bits per heavy atom. The number of hydrogen-bond donors (Lipinski definition) is 3. The summed E-state index contributed by atoms with van der Waals surface area (Å²) >= 11 is 0. The highest BCUT2D eigenvalue weighted by molar-refractivity contribution is 7.47. The Morgan fingerprint density at radius 1 is 0.515 bits per heavy atom. The maximum Gasteiger partial charge on any atom is 0.472 e. The molecule has 0 heterocycles. The van der Waals surface area contributed by atoms with Crippen molar-refractivity contribution in [2.24, 2.45) is 0 Å². The van der Waals surface area contributed by atoms with Crippen molar-refractivity contribution in [3.63, 3.8) is 0 Å². The first-order chi connectivity index (χ1) is 32.0. The molecule has 9 heteroatoms. The maximum atomic E-state index is 12.9.